The molecule has 3 heteroatoms. The zero-order chi connectivity index (χ0) is 10.6. The first-order valence-corrected chi connectivity index (χ1v) is 4.17. The lowest BCUT2D eigenvalue weighted by Crippen LogP contribution is -2.11. The van der Waals surface area contributed by atoms with E-state index in [-0.39, 0.29) is 5.57 Å². The zero-order valence-electron chi connectivity index (χ0n) is 7.93. The van der Waals surface area contributed by atoms with E-state index in [4.69, 9.17) is 0 Å². The van der Waals surface area contributed by atoms with Gasteiger partial charge >= 0.3 is 5.97 Å². The summed E-state index contributed by atoms with van der Waals surface area (Å²) in [6, 6.07) is 8.83. The topological polar surface area (TPSA) is 46.5 Å². The van der Waals surface area contributed by atoms with Crippen molar-refractivity contribution in [2.45, 2.75) is 6.10 Å². The van der Waals surface area contributed by atoms with Gasteiger partial charge in [0.15, 0.2) is 0 Å². The van der Waals surface area contributed by atoms with Crippen molar-refractivity contribution in [1.82, 2.24) is 0 Å². The van der Waals surface area contributed by atoms with Crippen LogP contribution in [0.25, 0.3) is 0 Å². The lowest BCUT2D eigenvalue weighted by atomic mass is 10.0. The van der Waals surface area contributed by atoms with Gasteiger partial charge in [0.05, 0.1) is 12.7 Å². The van der Waals surface area contributed by atoms with Crippen molar-refractivity contribution >= 4 is 5.97 Å². The van der Waals surface area contributed by atoms with Gasteiger partial charge in [0.1, 0.15) is 6.10 Å². The normalized spacial score (nSPS) is 11.9. The second-order valence-electron chi connectivity index (χ2n) is 2.83. The second-order valence-corrected chi connectivity index (χ2v) is 2.83. The third-order valence-corrected chi connectivity index (χ3v) is 1.89. The highest BCUT2D eigenvalue weighted by Crippen LogP contribution is 2.20. The fraction of sp³-hybridized carbons (Fsp3) is 0.182. The van der Waals surface area contributed by atoms with Crippen LogP contribution in [0.5, 0.6) is 0 Å². The summed E-state index contributed by atoms with van der Waals surface area (Å²) in [6.45, 7) is 3.48. The molecule has 0 heterocycles. The van der Waals surface area contributed by atoms with E-state index in [0.717, 1.165) is 0 Å². The molecule has 0 saturated heterocycles. The van der Waals surface area contributed by atoms with E-state index in [1.165, 1.54) is 7.11 Å². The van der Waals surface area contributed by atoms with E-state index in [2.05, 4.69) is 11.3 Å². The fourth-order valence-electron chi connectivity index (χ4n) is 1.08. The molecule has 0 aliphatic rings. The van der Waals surface area contributed by atoms with Gasteiger partial charge in [-0.15, -0.1) is 0 Å². The van der Waals surface area contributed by atoms with Crippen LogP contribution in [0.1, 0.15) is 11.7 Å². The predicted octanol–water partition coefficient (Wildman–Crippen LogP) is 1.45. The molecule has 1 N–H and O–H groups in total. The number of carbonyl (C=O) groups is 1. The lowest BCUT2D eigenvalue weighted by Gasteiger charge is -2.11. The Kier molecular flexibility index (Phi) is 3.42. The van der Waals surface area contributed by atoms with Crippen LogP contribution in [0.2, 0.25) is 0 Å². The Morgan fingerprint density at radius 2 is 2.00 bits per heavy atom. The van der Waals surface area contributed by atoms with Crippen molar-refractivity contribution in [1.29, 1.82) is 0 Å². The first kappa shape index (κ1) is 10.5. The first-order chi connectivity index (χ1) is 6.66. The molecule has 0 fully saturated rings. The van der Waals surface area contributed by atoms with Crippen molar-refractivity contribution in [3.05, 3.63) is 48.0 Å². The summed E-state index contributed by atoms with van der Waals surface area (Å²) in [6.07, 6.45) is -0.997. The summed E-state index contributed by atoms with van der Waals surface area (Å²) in [4.78, 5) is 11.0. The molecule has 74 valence electrons. The van der Waals surface area contributed by atoms with Crippen molar-refractivity contribution in [3.8, 4) is 0 Å². The molecule has 14 heavy (non-hydrogen) atoms. The second kappa shape index (κ2) is 4.58. The molecule has 0 aromatic heterocycles. The fourth-order valence-corrected chi connectivity index (χ4v) is 1.08. The van der Waals surface area contributed by atoms with Gasteiger partial charge in [0.25, 0.3) is 0 Å². The molecule has 0 bridgehead atoms. The van der Waals surface area contributed by atoms with Gasteiger partial charge in [-0.25, -0.2) is 4.79 Å². The molecular formula is C11H12O3. The quantitative estimate of drug-likeness (QED) is 0.582. The standard InChI is InChI=1S/C11H12O3/c1-8(11(13)14-2)10(12)9-6-4-3-5-7-9/h3-7,10,12H,1H2,2H3/t10-/m0/s1. The van der Waals surface area contributed by atoms with Crippen LogP contribution in [0.15, 0.2) is 42.5 Å². The van der Waals surface area contributed by atoms with E-state index in [1.807, 2.05) is 6.07 Å². The molecule has 0 amide bonds. The molecule has 0 aliphatic heterocycles. The van der Waals surface area contributed by atoms with Gasteiger partial charge in [-0.3, -0.25) is 0 Å². The summed E-state index contributed by atoms with van der Waals surface area (Å²) in [7, 11) is 1.26. The molecule has 0 spiro atoms. The Morgan fingerprint density at radius 1 is 1.43 bits per heavy atom. The summed E-state index contributed by atoms with van der Waals surface area (Å²) in [5.41, 5.74) is 0.668. The Labute approximate surface area is 82.6 Å². The van der Waals surface area contributed by atoms with Crippen LogP contribution >= 0.6 is 0 Å². The SMILES string of the molecule is C=C(C(=O)OC)[C@H](O)c1ccccc1. The minimum Gasteiger partial charge on any atom is -0.466 e. The van der Waals surface area contributed by atoms with Gasteiger partial charge < -0.3 is 9.84 Å². The lowest BCUT2D eigenvalue weighted by molar-refractivity contribution is -0.137. The Morgan fingerprint density at radius 3 is 2.50 bits per heavy atom. The van der Waals surface area contributed by atoms with E-state index in [0.29, 0.717) is 5.56 Å². The van der Waals surface area contributed by atoms with Gasteiger partial charge in [0.2, 0.25) is 0 Å². The van der Waals surface area contributed by atoms with Crippen molar-refractivity contribution in [3.63, 3.8) is 0 Å². The average Bonchev–Trinajstić information content (AvgIpc) is 2.27. The van der Waals surface area contributed by atoms with Crippen LogP contribution < -0.4 is 0 Å². The number of rotatable bonds is 3. The predicted molar refractivity (Wildman–Crippen MR) is 52.6 cm³/mol. The minimum atomic E-state index is -0.997. The molecule has 1 rings (SSSR count). The average molecular weight is 192 g/mol. The van der Waals surface area contributed by atoms with Crippen molar-refractivity contribution in [2.24, 2.45) is 0 Å². The maximum atomic E-state index is 11.0. The molecule has 0 radical (unpaired) electrons. The van der Waals surface area contributed by atoms with Crippen LogP contribution in [0.4, 0.5) is 0 Å². The highest BCUT2D eigenvalue weighted by molar-refractivity contribution is 5.88. The van der Waals surface area contributed by atoms with E-state index in [9.17, 15) is 9.90 Å². The molecule has 1 aromatic rings. The summed E-state index contributed by atoms with van der Waals surface area (Å²) in [5, 5.41) is 9.69. The van der Waals surface area contributed by atoms with Gasteiger partial charge in [-0.2, -0.15) is 0 Å². The number of methoxy groups -OCH3 is 1. The molecule has 0 saturated carbocycles. The van der Waals surface area contributed by atoms with Crippen LogP contribution in [0, 0.1) is 0 Å². The largest absolute Gasteiger partial charge is 0.466 e. The molecule has 3 nitrogen and oxygen atoms in total. The summed E-state index contributed by atoms with van der Waals surface area (Å²) < 4.78 is 4.46. The number of aliphatic hydroxyl groups is 1. The maximum absolute atomic E-state index is 11.0. The van der Waals surface area contributed by atoms with Crippen molar-refractivity contribution < 1.29 is 14.6 Å². The minimum absolute atomic E-state index is 0.0405. The molecule has 1 aromatic carbocycles. The highest BCUT2D eigenvalue weighted by Gasteiger charge is 2.18. The number of hydrogen-bond donors (Lipinski definition) is 1. The van der Waals surface area contributed by atoms with E-state index >= 15 is 0 Å². The third kappa shape index (κ3) is 2.20. The number of hydrogen-bond acceptors (Lipinski definition) is 3. The Bertz CT molecular complexity index is 330. The van der Waals surface area contributed by atoms with Gasteiger partial charge in [0, 0.05) is 0 Å². The highest BCUT2D eigenvalue weighted by atomic mass is 16.5. The zero-order valence-corrected chi connectivity index (χ0v) is 7.93. The Hall–Kier alpha value is -1.61. The number of ether oxygens (including phenoxy) is 1. The van der Waals surface area contributed by atoms with Crippen molar-refractivity contribution in [2.75, 3.05) is 7.11 Å². The molecule has 1 atom stereocenters. The molecule has 0 unspecified atom stereocenters. The van der Waals surface area contributed by atoms with Gasteiger partial charge in [-0.05, 0) is 5.56 Å². The number of esters is 1. The molecule has 0 aliphatic carbocycles. The van der Waals surface area contributed by atoms with E-state index < -0.39 is 12.1 Å². The van der Waals surface area contributed by atoms with Crippen LogP contribution in [-0.4, -0.2) is 18.2 Å². The van der Waals surface area contributed by atoms with E-state index in [1.54, 1.807) is 24.3 Å². The first-order valence-electron chi connectivity index (χ1n) is 4.17. The third-order valence-electron chi connectivity index (χ3n) is 1.89. The summed E-state index contributed by atoms with van der Waals surface area (Å²) >= 11 is 0. The van der Waals surface area contributed by atoms with Crippen LogP contribution in [-0.2, 0) is 9.53 Å². The Balaban J connectivity index is 2.81. The molecular weight excluding hydrogens is 180 g/mol. The van der Waals surface area contributed by atoms with Crippen LogP contribution in [0.3, 0.4) is 0 Å². The summed E-state index contributed by atoms with van der Waals surface area (Å²) in [5.74, 6) is -0.596. The number of aliphatic hydroxyl groups excluding tert-OH is 1. The monoisotopic (exact) mass is 192 g/mol. The number of carbonyl (C=O) groups excluding carboxylic acids is 1. The smallest absolute Gasteiger partial charge is 0.336 e. The van der Waals surface area contributed by atoms with Gasteiger partial charge in [-0.1, -0.05) is 36.9 Å². The number of benzene rings is 1. The maximum Gasteiger partial charge on any atom is 0.336 e.